The topological polar surface area (TPSA) is 113 Å². The molecule has 1 aromatic carbocycles. The van der Waals surface area contributed by atoms with Crippen LogP contribution in [-0.4, -0.2) is 43.0 Å². The third-order valence-corrected chi connectivity index (χ3v) is 5.71. The molecule has 0 aromatic heterocycles. The molecule has 0 aliphatic carbocycles. The van der Waals surface area contributed by atoms with Crippen molar-refractivity contribution in [2.24, 2.45) is 5.73 Å². The zero-order valence-corrected chi connectivity index (χ0v) is 14.6. The van der Waals surface area contributed by atoms with E-state index < -0.39 is 27.8 Å². The van der Waals surface area contributed by atoms with E-state index in [1.165, 1.54) is 25.4 Å². The lowest BCUT2D eigenvalue weighted by Gasteiger charge is -2.27. The highest BCUT2D eigenvalue weighted by molar-refractivity contribution is 7.89. The number of nitrogens with one attached hydrogen (secondary N) is 1. The Labute approximate surface area is 141 Å². The Bertz CT molecular complexity index is 667. The number of halogens is 1. The number of amides is 1. The average molecular weight is 361 g/mol. The fourth-order valence-electron chi connectivity index (χ4n) is 2.25. The molecule has 136 valence electrons. The molecule has 1 atom stereocenters. The van der Waals surface area contributed by atoms with Crippen molar-refractivity contribution in [2.75, 3.05) is 13.1 Å². The van der Waals surface area contributed by atoms with Crippen molar-refractivity contribution in [3.63, 3.8) is 0 Å². The van der Waals surface area contributed by atoms with Gasteiger partial charge in [-0.3, -0.25) is 10.0 Å². The summed E-state index contributed by atoms with van der Waals surface area (Å²) in [6.45, 7) is 3.43. The standard InChI is InChI=1S/C15H24FN3O4S/c1-11-10-13(6-7-14(11)16)24(22,23)19(9-5-3-4-8-17)12(2)15(20)18-21/h6-7,10,12,21H,3-5,8-9,17H2,1-2H3,(H,18,20)/t12-/m1/s1. The van der Waals surface area contributed by atoms with Crippen molar-refractivity contribution in [3.05, 3.63) is 29.6 Å². The predicted molar refractivity (Wildman–Crippen MR) is 87.3 cm³/mol. The van der Waals surface area contributed by atoms with E-state index in [-0.39, 0.29) is 17.0 Å². The number of carbonyl (C=O) groups excluding carboxylic acids is 1. The van der Waals surface area contributed by atoms with Gasteiger partial charge in [-0.2, -0.15) is 4.31 Å². The van der Waals surface area contributed by atoms with Crippen molar-refractivity contribution in [2.45, 2.75) is 44.0 Å². The number of hydroxylamine groups is 1. The van der Waals surface area contributed by atoms with E-state index in [1.807, 2.05) is 0 Å². The lowest BCUT2D eigenvalue weighted by Crippen LogP contribution is -2.47. The van der Waals surface area contributed by atoms with Crippen LogP contribution in [0.4, 0.5) is 4.39 Å². The first kappa shape index (κ1) is 20.5. The van der Waals surface area contributed by atoms with Gasteiger partial charge >= 0.3 is 0 Å². The van der Waals surface area contributed by atoms with Gasteiger partial charge < -0.3 is 5.73 Å². The van der Waals surface area contributed by atoms with Gasteiger partial charge in [0.15, 0.2) is 0 Å². The maximum absolute atomic E-state index is 13.4. The van der Waals surface area contributed by atoms with Crippen molar-refractivity contribution >= 4 is 15.9 Å². The summed E-state index contributed by atoms with van der Waals surface area (Å²) in [5.41, 5.74) is 7.08. The summed E-state index contributed by atoms with van der Waals surface area (Å²) < 4.78 is 40.1. The number of sulfonamides is 1. The van der Waals surface area contributed by atoms with Gasteiger partial charge in [-0.15, -0.1) is 0 Å². The smallest absolute Gasteiger partial charge is 0.261 e. The van der Waals surface area contributed by atoms with Crippen LogP contribution >= 0.6 is 0 Å². The van der Waals surface area contributed by atoms with Crippen LogP contribution in [-0.2, 0) is 14.8 Å². The minimum atomic E-state index is -4.02. The van der Waals surface area contributed by atoms with Crippen LogP contribution in [0.25, 0.3) is 0 Å². The molecular weight excluding hydrogens is 337 g/mol. The van der Waals surface area contributed by atoms with Gasteiger partial charge in [0.05, 0.1) is 4.90 Å². The Kier molecular flexibility index (Phi) is 7.74. The van der Waals surface area contributed by atoms with Crippen LogP contribution in [0.2, 0.25) is 0 Å². The molecule has 24 heavy (non-hydrogen) atoms. The van der Waals surface area contributed by atoms with Gasteiger partial charge in [-0.1, -0.05) is 6.42 Å². The van der Waals surface area contributed by atoms with Crippen LogP contribution in [0.15, 0.2) is 23.1 Å². The molecule has 0 radical (unpaired) electrons. The third kappa shape index (κ3) is 4.97. The van der Waals surface area contributed by atoms with Gasteiger partial charge in [0.2, 0.25) is 10.0 Å². The number of benzene rings is 1. The van der Waals surface area contributed by atoms with Gasteiger partial charge in [0, 0.05) is 6.54 Å². The molecule has 0 spiro atoms. The van der Waals surface area contributed by atoms with Gasteiger partial charge in [0.25, 0.3) is 5.91 Å². The van der Waals surface area contributed by atoms with E-state index in [1.54, 1.807) is 0 Å². The molecule has 4 N–H and O–H groups in total. The summed E-state index contributed by atoms with van der Waals surface area (Å²) in [6.07, 6.45) is 1.96. The Morgan fingerprint density at radius 3 is 2.58 bits per heavy atom. The van der Waals surface area contributed by atoms with Crippen LogP contribution < -0.4 is 11.2 Å². The summed E-state index contributed by atoms with van der Waals surface area (Å²) >= 11 is 0. The number of nitrogens with zero attached hydrogens (tertiary/aromatic N) is 1. The first-order valence-electron chi connectivity index (χ1n) is 7.67. The van der Waals surface area contributed by atoms with Gasteiger partial charge in [0.1, 0.15) is 11.9 Å². The molecule has 0 unspecified atom stereocenters. The van der Waals surface area contributed by atoms with E-state index in [0.29, 0.717) is 19.4 Å². The molecule has 7 nitrogen and oxygen atoms in total. The monoisotopic (exact) mass is 361 g/mol. The lowest BCUT2D eigenvalue weighted by molar-refractivity contribution is -0.132. The molecule has 1 aromatic rings. The molecule has 0 aliphatic heterocycles. The number of aryl methyl sites for hydroxylation is 1. The fraction of sp³-hybridized carbons (Fsp3) is 0.533. The summed E-state index contributed by atoms with van der Waals surface area (Å²) in [6, 6.07) is 2.35. The van der Waals surface area contributed by atoms with Gasteiger partial charge in [-0.25, -0.2) is 18.3 Å². The second-order valence-electron chi connectivity index (χ2n) is 5.53. The molecule has 0 fully saturated rings. The second kappa shape index (κ2) is 9.07. The zero-order chi connectivity index (χ0) is 18.3. The first-order valence-corrected chi connectivity index (χ1v) is 9.11. The molecule has 0 aliphatic rings. The summed E-state index contributed by atoms with van der Waals surface area (Å²) in [4.78, 5) is 11.6. The Morgan fingerprint density at radius 1 is 1.38 bits per heavy atom. The Balaban J connectivity index is 3.14. The number of unbranched alkanes of at least 4 members (excludes halogenated alkanes) is 2. The summed E-state index contributed by atoms with van der Waals surface area (Å²) in [7, 11) is -4.02. The normalized spacial score (nSPS) is 13.1. The highest BCUT2D eigenvalue weighted by Gasteiger charge is 2.32. The predicted octanol–water partition coefficient (Wildman–Crippen LogP) is 1.15. The van der Waals surface area contributed by atoms with Gasteiger partial charge in [-0.05, 0) is 57.0 Å². The molecule has 1 rings (SSSR count). The van der Waals surface area contributed by atoms with E-state index in [2.05, 4.69) is 0 Å². The zero-order valence-electron chi connectivity index (χ0n) is 13.8. The molecule has 1 amide bonds. The first-order chi connectivity index (χ1) is 11.3. The Morgan fingerprint density at radius 2 is 2.04 bits per heavy atom. The lowest BCUT2D eigenvalue weighted by atomic mass is 10.2. The minimum absolute atomic E-state index is 0.0906. The van der Waals surface area contributed by atoms with Crippen LogP contribution in [0, 0.1) is 12.7 Å². The number of carbonyl (C=O) groups is 1. The highest BCUT2D eigenvalue weighted by Crippen LogP contribution is 2.21. The van der Waals surface area contributed by atoms with Crippen LogP contribution in [0.5, 0.6) is 0 Å². The van der Waals surface area contributed by atoms with E-state index in [4.69, 9.17) is 10.9 Å². The quantitative estimate of drug-likeness (QED) is 0.347. The van der Waals surface area contributed by atoms with E-state index in [0.717, 1.165) is 22.9 Å². The largest absolute Gasteiger partial charge is 0.330 e. The summed E-state index contributed by atoms with van der Waals surface area (Å²) in [5.74, 6) is -1.35. The molecular formula is C15H24FN3O4S. The van der Waals surface area contributed by atoms with Crippen molar-refractivity contribution in [3.8, 4) is 0 Å². The maximum atomic E-state index is 13.4. The van der Waals surface area contributed by atoms with E-state index >= 15 is 0 Å². The molecule has 0 bridgehead atoms. The number of hydrogen-bond donors (Lipinski definition) is 3. The minimum Gasteiger partial charge on any atom is -0.330 e. The Hall–Kier alpha value is -1.55. The molecule has 9 heteroatoms. The number of nitrogens with two attached hydrogens (primary N) is 1. The van der Waals surface area contributed by atoms with Crippen molar-refractivity contribution < 1.29 is 22.8 Å². The second-order valence-corrected chi connectivity index (χ2v) is 7.42. The fourth-order valence-corrected chi connectivity index (χ4v) is 3.97. The number of rotatable bonds is 9. The highest BCUT2D eigenvalue weighted by atomic mass is 32.2. The van der Waals surface area contributed by atoms with Crippen molar-refractivity contribution in [1.29, 1.82) is 0 Å². The summed E-state index contributed by atoms with van der Waals surface area (Å²) in [5, 5.41) is 8.79. The van der Waals surface area contributed by atoms with Crippen LogP contribution in [0.3, 0.4) is 0 Å². The maximum Gasteiger partial charge on any atom is 0.261 e. The molecule has 0 heterocycles. The van der Waals surface area contributed by atoms with Crippen molar-refractivity contribution in [1.82, 2.24) is 9.79 Å². The molecule has 0 saturated heterocycles. The average Bonchev–Trinajstić information content (AvgIpc) is 2.55. The third-order valence-electron chi connectivity index (χ3n) is 3.74. The SMILES string of the molecule is Cc1cc(S(=O)(=O)N(CCCCCN)[C@H](C)C(=O)NO)ccc1F. The van der Waals surface area contributed by atoms with E-state index in [9.17, 15) is 17.6 Å². The molecule has 0 saturated carbocycles. The number of hydrogen-bond acceptors (Lipinski definition) is 5. The van der Waals surface area contributed by atoms with Crippen LogP contribution in [0.1, 0.15) is 31.7 Å².